The fraction of sp³-hybridized carbons (Fsp3) is 0.538. The molecular weight excluding hydrogens is 218 g/mol. The predicted molar refractivity (Wildman–Crippen MR) is 67.3 cm³/mol. The molecule has 0 saturated heterocycles. The number of benzene rings is 1. The van der Waals surface area contributed by atoms with Crippen LogP contribution in [0.4, 0.5) is 0 Å². The van der Waals surface area contributed by atoms with Crippen molar-refractivity contribution < 1.29 is 14.9 Å². The number of phenols is 1. The molecule has 4 nitrogen and oxygen atoms in total. The van der Waals surface area contributed by atoms with Crippen LogP contribution in [0.3, 0.4) is 0 Å². The van der Waals surface area contributed by atoms with Gasteiger partial charge in [0.15, 0.2) is 11.5 Å². The van der Waals surface area contributed by atoms with Crippen LogP contribution in [0.25, 0.3) is 0 Å². The molecule has 0 aliphatic rings. The van der Waals surface area contributed by atoms with Gasteiger partial charge >= 0.3 is 0 Å². The summed E-state index contributed by atoms with van der Waals surface area (Å²) in [6, 6.07) is 5.23. The van der Waals surface area contributed by atoms with E-state index in [0.29, 0.717) is 18.8 Å². The molecule has 0 aromatic heterocycles. The highest BCUT2D eigenvalue weighted by molar-refractivity contribution is 5.41. The quantitative estimate of drug-likeness (QED) is 0.677. The monoisotopic (exact) mass is 239 g/mol. The minimum atomic E-state index is -0.293. The van der Waals surface area contributed by atoms with Gasteiger partial charge in [-0.2, -0.15) is 0 Å². The van der Waals surface area contributed by atoms with Crippen molar-refractivity contribution in [2.45, 2.75) is 32.4 Å². The van der Waals surface area contributed by atoms with E-state index in [1.807, 2.05) is 13.0 Å². The molecule has 0 spiro atoms. The molecule has 1 rings (SSSR count). The highest BCUT2D eigenvalue weighted by Gasteiger charge is 2.04. The number of methoxy groups -OCH3 is 1. The van der Waals surface area contributed by atoms with Gasteiger partial charge in [-0.1, -0.05) is 19.4 Å². The van der Waals surface area contributed by atoms with Crippen molar-refractivity contribution in [3.05, 3.63) is 23.8 Å². The summed E-state index contributed by atoms with van der Waals surface area (Å²) in [5.41, 5.74) is 1.02. The maximum absolute atomic E-state index is 9.54. The SMILES string of the molecule is CCCC(O)CNCc1ccc(O)c(OC)c1. The fourth-order valence-corrected chi connectivity index (χ4v) is 1.65. The number of hydrogen-bond acceptors (Lipinski definition) is 4. The largest absolute Gasteiger partial charge is 0.504 e. The van der Waals surface area contributed by atoms with Crippen LogP contribution in [0, 0.1) is 0 Å². The Labute approximate surface area is 102 Å². The third kappa shape index (κ3) is 4.63. The molecule has 17 heavy (non-hydrogen) atoms. The van der Waals surface area contributed by atoms with Crippen LogP contribution in [0.15, 0.2) is 18.2 Å². The number of rotatable bonds is 7. The minimum absolute atomic E-state index is 0.141. The Morgan fingerprint density at radius 1 is 1.41 bits per heavy atom. The maximum atomic E-state index is 9.54. The molecule has 0 amide bonds. The molecular formula is C13H21NO3. The lowest BCUT2D eigenvalue weighted by molar-refractivity contribution is 0.160. The molecule has 1 unspecified atom stereocenters. The third-order valence-corrected chi connectivity index (χ3v) is 2.58. The van der Waals surface area contributed by atoms with E-state index >= 15 is 0 Å². The number of phenolic OH excluding ortho intramolecular Hbond substituents is 1. The number of aliphatic hydroxyl groups excluding tert-OH is 1. The summed E-state index contributed by atoms with van der Waals surface area (Å²) in [6.45, 7) is 3.28. The second-order valence-corrected chi connectivity index (χ2v) is 4.08. The second-order valence-electron chi connectivity index (χ2n) is 4.08. The van der Waals surface area contributed by atoms with E-state index in [4.69, 9.17) is 4.74 Å². The average Bonchev–Trinajstić information content (AvgIpc) is 2.31. The number of ether oxygens (including phenoxy) is 1. The zero-order valence-corrected chi connectivity index (χ0v) is 10.4. The zero-order chi connectivity index (χ0) is 12.7. The Morgan fingerprint density at radius 2 is 2.18 bits per heavy atom. The molecule has 0 saturated carbocycles. The topological polar surface area (TPSA) is 61.7 Å². The molecule has 1 atom stereocenters. The molecule has 0 fully saturated rings. The molecule has 1 aromatic rings. The number of nitrogens with one attached hydrogen (secondary N) is 1. The molecule has 0 radical (unpaired) electrons. The fourth-order valence-electron chi connectivity index (χ4n) is 1.65. The van der Waals surface area contributed by atoms with Crippen molar-refractivity contribution in [3.63, 3.8) is 0 Å². The zero-order valence-electron chi connectivity index (χ0n) is 10.4. The van der Waals surface area contributed by atoms with Crippen LogP contribution >= 0.6 is 0 Å². The Hall–Kier alpha value is -1.26. The van der Waals surface area contributed by atoms with Gasteiger partial charge in [0.1, 0.15) is 0 Å². The summed E-state index contributed by atoms with van der Waals surface area (Å²) in [6.07, 6.45) is 1.50. The van der Waals surface area contributed by atoms with Gasteiger partial charge in [-0.15, -0.1) is 0 Å². The van der Waals surface area contributed by atoms with Crippen LogP contribution in [0.5, 0.6) is 11.5 Å². The lowest BCUT2D eigenvalue weighted by Gasteiger charge is -2.11. The maximum Gasteiger partial charge on any atom is 0.160 e. The van der Waals surface area contributed by atoms with Gasteiger partial charge in [-0.3, -0.25) is 0 Å². The minimum Gasteiger partial charge on any atom is -0.504 e. The smallest absolute Gasteiger partial charge is 0.160 e. The van der Waals surface area contributed by atoms with Crippen LogP contribution in [-0.4, -0.2) is 30.0 Å². The molecule has 0 heterocycles. The number of aromatic hydroxyl groups is 1. The van der Waals surface area contributed by atoms with Crippen molar-refractivity contribution in [2.75, 3.05) is 13.7 Å². The van der Waals surface area contributed by atoms with E-state index in [2.05, 4.69) is 5.32 Å². The second kappa shape index (κ2) is 7.14. The average molecular weight is 239 g/mol. The van der Waals surface area contributed by atoms with Crippen LogP contribution in [0.1, 0.15) is 25.3 Å². The molecule has 4 heteroatoms. The normalized spacial score (nSPS) is 12.4. The molecule has 3 N–H and O–H groups in total. The van der Waals surface area contributed by atoms with E-state index in [0.717, 1.165) is 18.4 Å². The Kier molecular flexibility index (Phi) is 5.80. The first-order chi connectivity index (χ1) is 8.17. The van der Waals surface area contributed by atoms with Crippen molar-refractivity contribution in [2.24, 2.45) is 0 Å². The molecule has 96 valence electrons. The van der Waals surface area contributed by atoms with E-state index < -0.39 is 0 Å². The first-order valence-electron chi connectivity index (χ1n) is 5.92. The first kappa shape index (κ1) is 13.8. The van der Waals surface area contributed by atoms with Crippen molar-refractivity contribution in [1.29, 1.82) is 0 Å². The lowest BCUT2D eigenvalue weighted by Crippen LogP contribution is -2.26. The van der Waals surface area contributed by atoms with Gasteiger partial charge in [0.2, 0.25) is 0 Å². The number of aliphatic hydroxyl groups is 1. The van der Waals surface area contributed by atoms with E-state index in [1.165, 1.54) is 7.11 Å². The van der Waals surface area contributed by atoms with Crippen LogP contribution in [0.2, 0.25) is 0 Å². The predicted octanol–water partition coefficient (Wildman–Crippen LogP) is 1.65. The third-order valence-electron chi connectivity index (χ3n) is 2.58. The first-order valence-corrected chi connectivity index (χ1v) is 5.92. The summed E-state index contributed by atoms with van der Waals surface area (Å²) in [4.78, 5) is 0. The van der Waals surface area contributed by atoms with Gasteiger partial charge in [-0.25, -0.2) is 0 Å². The van der Waals surface area contributed by atoms with Gasteiger partial charge in [0, 0.05) is 13.1 Å². The Balaban J connectivity index is 2.41. The molecule has 0 aliphatic heterocycles. The number of hydrogen-bond donors (Lipinski definition) is 3. The van der Waals surface area contributed by atoms with Gasteiger partial charge in [-0.05, 0) is 24.1 Å². The van der Waals surface area contributed by atoms with Crippen molar-refractivity contribution in [1.82, 2.24) is 5.32 Å². The van der Waals surface area contributed by atoms with Gasteiger partial charge < -0.3 is 20.3 Å². The van der Waals surface area contributed by atoms with Crippen molar-refractivity contribution >= 4 is 0 Å². The van der Waals surface area contributed by atoms with E-state index in [-0.39, 0.29) is 11.9 Å². The highest BCUT2D eigenvalue weighted by atomic mass is 16.5. The Morgan fingerprint density at radius 3 is 2.82 bits per heavy atom. The summed E-state index contributed by atoms with van der Waals surface area (Å²) in [5, 5.41) is 22.1. The van der Waals surface area contributed by atoms with Crippen LogP contribution in [-0.2, 0) is 6.54 Å². The summed E-state index contributed by atoms with van der Waals surface area (Å²) >= 11 is 0. The lowest BCUT2D eigenvalue weighted by atomic mass is 10.2. The summed E-state index contributed by atoms with van der Waals surface area (Å²) in [5.74, 6) is 0.612. The molecule has 0 bridgehead atoms. The van der Waals surface area contributed by atoms with E-state index in [9.17, 15) is 10.2 Å². The van der Waals surface area contributed by atoms with Crippen LogP contribution < -0.4 is 10.1 Å². The van der Waals surface area contributed by atoms with Crippen molar-refractivity contribution in [3.8, 4) is 11.5 Å². The summed E-state index contributed by atoms with van der Waals surface area (Å²) < 4.78 is 5.02. The molecule has 1 aromatic carbocycles. The van der Waals surface area contributed by atoms with Gasteiger partial charge in [0.05, 0.1) is 13.2 Å². The standard InChI is InChI=1S/C13H21NO3/c1-3-4-11(15)9-14-8-10-5-6-12(16)13(7-10)17-2/h5-7,11,14-16H,3-4,8-9H2,1-2H3. The van der Waals surface area contributed by atoms with E-state index in [1.54, 1.807) is 12.1 Å². The molecule has 0 aliphatic carbocycles. The Bertz CT molecular complexity index is 341. The van der Waals surface area contributed by atoms with Gasteiger partial charge in [0.25, 0.3) is 0 Å². The summed E-state index contributed by atoms with van der Waals surface area (Å²) in [7, 11) is 1.53. The highest BCUT2D eigenvalue weighted by Crippen LogP contribution is 2.26.